The number of aryl methyl sites for hydroxylation is 1. The summed E-state index contributed by atoms with van der Waals surface area (Å²) in [6.07, 6.45) is 3.19. The zero-order valence-corrected chi connectivity index (χ0v) is 18.9. The summed E-state index contributed by atoms with van der Waals surface area (Å²) in [6, 6.07) is 28.2. The first kappa shape index (κ1) is 21.0. The second-order valence-electron chi connectivity index (χ2n) is 8.34. The molecule has 0 bridgehead atoms. The Morgan fingerprint density at radius 3 is 2.23 bits per heavy atom. The Kier molecular flexibility index (Phi) is 6.27. The smallest absolute Gasteiger partial charge is 0.119 e. The molecule has 4 rings (SSSR count). The number of hydrogen-bond donors (Lipinski definition) is 0. The predicted molar refractivity (Wildman–Crippen MR) is 131 cm³/mol. The highest BCUT2D eigenvalue weighted by Gasteiger charge is 2.19. The van der Waals surface area contributed by atoms with Gasteiger partial charge in [-0.05, 0) is 59.2 Å². The van der Waals surface area contributed by atoms with Gasteiger partial charge >= 0.3 is 0 Å². The Balaban J connectivity index is 1.87. The van der Waals surface area contributed by atoms with E-state index in [0.29, 0.717) is 5.92 Å². The number of aromatic nitrogens is 1. The molecule has 0 atom stereocenters. The first-order chi connectivity index (χ1) is 15.1. The normalized spacial score (nSPS) is 11.1. The third kappa shape index (κ3) is 4.44. The Labute approximate surface area is 186 Å². The molecular weight excluding hydrogens is 378 g/mol. The van der Waals surface area contributed by atoms with Gasteiger partial charge in [-0.25, -0.2) is 0 Å². The summed E-state index contributed by atoms with van der Waals surface area (Å²) in [6.45, 7) is 7.63. The molecule has 4 aromatic rings. The second kappa shape index (κ2) is 9.26. The van der Waals surface area contributed by atoms with Crippen LogP contribution in [0.15, 0.2) is 85.1 Å². The number of methoxy groups -OCH3 is 1. The number of rotatable bonds is 7. The minimum Gasteiger partial charge on any atom is -0.497 e. The summed E-state index contributed by atoms with van der Waals surface area (Å²) < 4.78 is 7.84. The van der Waals surface area contributed by atoms with Gasteiger partial charge in [0, 0.05) is 18.3 Å². The zero-order chi connectivity index (χ0) is 21.8. The standard InChI is InChI=1S/C29H31NO/c1-5-30-20-26(18-22-10-9-13-27(19-22)31-4)28(24-11-7-6-8-12-24)29(30)25-16-14-23(15-17-25)21(2)3/h6-17,19-21H,5,18H2,1-4H3. The number of ether oxygens (including phenoxy) is 1. The lowest BCUT2D eigenvalue weighted by atomic mass is 9.93. The van der Waals surface area contributed by atoms with Crippen LogP contribution in [0.2, 0.25) is 0 Å². The van der Waals surface area contributed by atoms with E-state index in [9.17, 15) is 0 Å². The lowest BCUT2D eigenvalue weighted by Crippen LogP contribution is -1.96. The first-order valence-corrected chi connectivity index (χ1v) is 11.1. The first-order valence-electron chi connectivity index (χ1n) is 11.1. The van der Waals surface area contributed by atoms with E-state index in [0.717, 1.165) is 18.7 Å². The Morgan fingerprint density at radius 1 is 0.839 bits per heavy atom. The van der Waals surface area contributed by atoms with Gasteiger partial charge in [-0.15, -0.1) is 0 Å². The van der Waals surface area contributed by atoms with Gasteiger partial charge in [-0.1, -0.05) is 80.6 Å². The molecule has 0 N–H and O–H groups in total. The van der Waals surface area contributed by atoms with E-state index < -0.39 is 0 Å². The summed E-state index contributed by atoms with van der Waals surface area (Å²) in [5.74, 6) is 1.43. The van der Waals surface area contributed by atoms with E-state index >= 15 is 0 Å². The van der Waals surface area contributed by atoms with E-state index in [2.05, 4.69) is 104 Å². The third-order valence-corrected chi connectivity index (χ3v) is 5.94. The van der Waals surface area contributed by atoms with Gasteiger partial charge in [0.2, 0.25) is 0 Å². The van der Waals surface area contributed by atoms with Crippen LogP contribution >= 0.6 is 0 Å². The maximum atomic E-state index is 5.45. The van der Waals surface area contributed by atoms with Gasteiger partial charge in [0.25, 0.3) is 0 Å². The van der Waals surface area contributed by atoms with Crippen molar-refractivity contribution in [1.82, 2.24) is 4.57 Å². The molecule has 1 heterocycles. The summed E-state index contributed by atoms with van der Waals surface area (Å²) in [4.78, 5) is 0. The average molecular weight is 410 g/mol. The van der Waals surface area contributed by atoms with Gasteiger partial charge in [-0.2, -0.15) is 0 Å². The molecule has 31 heavy (non-hydrogen) atoms. The lowest BCUT2D eigenvalue weighted by molar-refractivity contribution is 0.414. The molecule has 0 aliphatic rings. The van der Waals surface area contributed by atoms with Crippen molar-refractivity contribution in [2.24, 2.45) is 0 Å². The summed E-state index contributed by atoms with van der Waals surface area (Å²) in [5.41, 5.74) is 9.11. The summed E-state index contributed by atoms with van der Waals surface area (Å²) in [7, 11) is 1.72. The topological polar surface area (TPSA) is 14.2 Å². The van der Waals surface area contributed by atoms with Crippen LogP contribution in [0, 0.1) is 0 Å². The molecule has 2 nitrogen and oxygen atoms in total. The molecule has 0 saturated heterocycles. The zero-order valence-electron chi connectivity index (χ0n) is 18.9. The fourth-order valence-electron chi connectivity index (χ4n) is 4.26. The van der Waals surface area contributed by atoms with Crippen molar-refractivity contribution in [3.8, 4) is 28.1 Å². The molecule has 158 valence electrons. The Hall–Kier alpha value is -3.26. The predicted octanol–water partition coefficient (Wildman–Crippen LogP) is 7.56. The van der Waals surface area contributed by atoms with E-state index in [1.54, 1.807) is 7.11 Å². The molecule has 0 aliphatic carbocycles. The van der Waals surface area contributed by atoms with Crippen LogP contribution in [0.1, 0.15) is 43.4 Å². The molecule has 0 fully saturated rings. The second-order valence-corrected chi connectivity index (χ2v) is 8.34. The minimum absolute atomic E-state index is 0.532. The molecule has 0 amide bonds. The van der Waals surface area contributed by atoms with Crippen molar-refractivity contribution in [3.05, 3.63) is 102 Å². The average Bonchev–Trinajstić information content (AvgIpc) is 3.17. The molecule has 0 aliphatic heterocycles. The van der Waals surface area contributed by atoms with Crippen LogP contribution < -0.4 is 4.74 Å². The Morgan fingerprint density at radius 2 is 1.58 bits per heavy atom. The van der Waals surface area contributed by atoms with Gasteiger partial charge < -0.3 is 9.30 Å². The fraction of sp³-hybridized carbons (Fsp3) is 0.241. The van der Waals surface area contributed by atoms with Gasteiger partial charge in [0.15, 0.2) is 0 Å². The van der Waals surface area contributed by atoms with Crippen LogP contribution in [-0.4, -0.2) is 11.7 Å². The van der Waals surface area contributed by atoms with Crippen LogP contribution in [0.3, 0.4) is 0 Å². The monoisotopic (exact) mass is 409 g/mol. The van der Waals surface area contributed by atoms with Crippen molar-refractivity contribution in [3.63, 3.8) is 0 Å². The highest BCUT2D eigenvalue weighted by Crippen LogP contribution is 2.38. The maximum Gasteiger partial charge on any atom is 0.119 e. The van der Waals surface area contributed by atoms with Crippen molar-refractivity contribution >= 4 is 0 Å². The minimum atomic E-state index is 0.532. The SMILES string of the molecule is CCn1cc(Cc2cccc(OC)c2)c(-c2ccccc2)c1-c1ccc(C(C)C)cc1. The van der Waals surface area contributed by atoms with Crippen LogP contribution in [0.5, 0.6) is 5.75 Å². The van der Waals surface area contributed by atoms with Gasteiger partial charge in [-0.3, -0.25) is 0 Å². The lowest BCUT2D eigenvalue weighted by Gasteiger charge is -2.13. The van der Waals surface area contributed by atoms with Crippen LogP contribution in [-0.2, 0) is 13.0 Å². The summed E-state index contributed by atoms with van der Waals surface area (Å²) >= 11 is 0. The molecular formula is C29H31NO. The maximum absolute atomic E-state index is 5.45. The molecule has 3 aromatic carbocycles. The van der Waals surface area contributed by atoms with E-state index in [-0.39, 0.29) is 0 Å². The van der Waals surface area contributed by atoms with Crippen LogP contribution in [0.4, 0.5) is 0 Å². The molecule has 1 aromatic heterocycles. The molecule has 0 unspecified atom stereocenters. The highest BCUT2D eigenvalue weighted by atomic mass is 16.5. The van der Waals surface area contributed by atoms with E-state index in [4.69, 9.17) is 4.74 Å². The number of hydrogen-bond acceptors (Lipinski definition) is 1. The number of benzene rings is 3. The molecule has 0 radical (unpaired) electrons. The molecule has 2 heteroatoms. The van der Waals surface area contributed by atoms with Crippen molar-refractivity contribution in [2.45, 2.75) is 39.7 Å². The van der Waals surface area contributed by atoms with Crippen molar-refractivity contribution in [2.75, 3.05) is 7.11 Å². The van der Waals surface area contributed by atoms with Crippen LogP contribution in [0.25, 0.3) is 22.4 Å². The van der Waals surface area contributed by atoms with Gasteiger partial charge in [0.05, 0.1) is 12.8 Å². The Bertz CT molecular complexity index is 1140. The van der Waals surface area contributed by atoms with E-state index in [1.807, 2.05) is 6.07 Å². The largest absolute Gasteiger partial charge is 0.497 e. The fourth-order valence-corrected chi connectivity index (χ4v) is 4.26. The van der Waals surface area contributed by atoms with Gasteiger partial charge in [0.1, 0.15) is 5.75 Å². The van der Waals surface area contributed by atoms with Crippen molar-refractivity contribution < 1.29 is 4.74 Å². The van der Waals surface area contributed by atoms with Crippen molar-refractivity contribution in [1.29, 1.82) is 0 Å². The number of nitrogens with zero attached hydrogens (tertiary/aromatic N) is 1. The highest BCUT2D eigenvalue weighted by molar-refractivity contribution is 5.85. The quantitative estimate of drug-likeness (QED) is 0.307. The summed E-state index contributed by atoms with van der Waals surface area (Å²) in [5, 5.41) is 0. The molecule has 0 saturated carbocycles. The third-order valence-electron chi connectivity index (χ3n) is 5.94. The van der Waals surface area contributed by atoms with E-state index in [1.165, 1.54) is 39.1 Å². The molecule has 0 spiro atoms.